The highest BCUT2D eigenvalue weighted by Gasteiger charge is 2.36. The zero-order valence-corrected chi connectivity index (χ0v) is 15.7. The Kier molecular flexibility index (Phi) is 6.20. The first-order valence-electron chi connectivity index (χ1n) is 8.61. The normalized spacial score (nSPS) is 16.8. The van der Waals surface area contributed by atoms with Crippen molar-refractivity contribution < 1.29 is 32.3 Å². The zero-order valence-electron chi connectivity index (χ0n) is 15.7. The van der Waals surface area contributed by atoms with Crippen LogP contribution in [0, 0.1) is 0 Å². The molecular weight excluding hydrogens is 379 g/mol. The van der Waals surface area contributed by atoms with Gasteiger partial charge in [0.25, 0.3) is 5.91 Å². The Labute approximate surface area is 160 Å². The minimum atomic E-state index is -4.57. The summed E-state index contributed by atoms with van der Waals surface area (Å²) in [6.45, 7) is 5.16. The molecule has 10 heteroatoms. The molecule has 1 saturated heterocycles. The molecule has 1 aliphatic heterocycles. The van der Waals surface area contributed by atoms with Crippen LogP contribution in [0.4, 0.5) is 18.0 Å². The van der Waals surface area contributed by atoms with E-state index in [0.717, 1.165) is 12.1 Å². The Morgan fingerprint density at radius 2 is 1.89 bits per heavy atom. The van der Waals surface area contributed by atoms with E-state index in [1.807, 2.05) is 0 Å². The number of alkyl halides is 3. The fourth-order valence-corrected chi connectivity index (χ4v) is 2.41. The third kappa shape index (κ3) is 5.86. The first kappa shape index (κ1) is 21.5. The van der Waals surface area contributed by atoms with Gasteiger partial charge in [0.15, 0.2) is 0 Å². The standard InChI is InChI=1S/C18H22F3N3O4/c1-17(2,3)28-16(27)24-8-7-13(24)23-14(25)10-22-15(26)11-5-4-6-12(9-11)18(19,20)21/h4-6,9,13H,7-8,10H2,1-3H3,(H,22,26)(H,23,25). The fraction of sp³-hybridized carbons (Fsp3) is 0.500. The van der Waals surface area contributed by atoms with Crippen LogP contribution in [-0.2, 0) is 15.7 Å². The van der Waals surface area contributed by atoms with Gasteiger partial charge in [-0.05, 0) is 39.0 Å². The molecule has 2 rings (SSSR count). The Hall–Kier alpha value is -2.78. The highest BCUT2D eigenvalue weighted by atomic mass is 19.4. The number of nitrogens with zero attached hydrogens (tertiary/aromatic N) is 1. The maximum absolute atomic E-state index is 12.7. The van der Waals surface area contributed by atoms with E-state index in [9.17, 15) is 27.6 Å². The number of carbonyl (C=O) groups excluding carboxylic acids is 3. The minimum Gasteiger partial charge on any atom is -0.444 e. The zero-order chi connectivity index (χ0) is 21.1. The summed E-state index contributed by atoms with van der Waals surface area (Å²) in [6, 6.07) is 3.90. The number of hydrogen-bond acceptors (Lipinski definition) is 4. The molecule has 28 heavy (non-hydrogen) atoms. The molecule has 154 valence electrons. The summed E-state index contributed by atoms with van der Waals surface area (Å²) < 4.78 is 43.3. The highest BCUT2D eigenvalue weighted by Crippen LogP contribution is 2.29. The lowest BCUT2D eigenvalue weighted by Gasteiger charge is -2.41. The topological polar surface area (TPSA) is 87.7 Å². The van der Waals surface area contributed by atoms with Crippen molar-refractivity contribution in [3.63, 3.8) is 0 Å². The van der Waals surface area contributed by atoms with Crippen molar-refractivity contribution in [2.75, 3.05) is 13.1 Å². The summed E-state index contributed by atoms with van der Waals surface area (Å²) in [4.78, 5) is 37.3. The predicted octanol–water partition coefficient (Wildman–Crippen LogP) is 2.52. The van der Waals surface area contributed by atoms with E-state index in [2.05, 4.69) is 10.6 Å². The summed E-state index contributed by atoms with van der Waals surface area (Å²) in [5, 5.41) is 4.83. The van der Waals surface area contributed by atoms with Crippen LogP contribution in [0.5, 0.6) is 0 Å². The van der Waals surface area contributed by atoms with Gasteiger partial charge in [-0.3, -0.25) is 14.5 Å². The van der Waals surface area contributed by atoms with Crippen LogP contribution in [0.15, 0.2) is 24.3 Å². The minimum absolute atomic E-state index is 0.207. The molecule has 1 aliphatic rings. The number of nitrogens with one attached hydrogen (secondary N) is 2. The SMILES string of the molecule is CC(C)(C)OC(=O)N1CCC1NC(=O)CNC(=O)c1cccc(C(F)(F)F)c1. The third-order valence-electron chi connectivity index (χ3n) is 3.84. The van der Waals surface area contributed by atoms with Gasteiger partial charge in [0.1, 0.15) is 11.8 Å². The number of likely N-dealkylation sites (tertiary alicyclic amines) is 1. The Bertz CT molecular complexity index is 759. The van der Waals surface area contributed by atoms with Crippen LogP contribution in [-0.4, -0.2) is 47.7 Å². The van der Waals surface area contributed by atoms with Gasteiger partial charge < -0.3 is 15.4 Å². The Balaban J connectivity index is 1.84. The van der Waals surface area contributed by atoms with Gasteiger partial charge in [-0.25, -0.2) is 4.79 Å². The van der Waals surface area contributed by atoms with Crippen molar-refractivity contribution >= 4 is 17.9 Å². The van der Waals surface area contributed by atoms with Crippen LogP contribution in [0.3, 0.4) is 0 Å². The molecule has 2 N–H and O–H groups in total. The van der Waals surface area contributed by atoms with E-state index in [1.54, 1.807) is 20.8 Å². The van der Waals surface area contributed by atoms with Crippen LogP contribution in [0.2, 0.25) is 0 Å². The molecule has 0 spiro atoms. The van der Waals surface area contributed by atoms with Crippen LogP contribution >= 0.6 is 0 Å². The number of benzene rings is 1. The van der Waals surface area contributed by atoms with Crippen molar-refractivity contribution in [1.82, 2.24) is 15.5 Å². The predicted molar refractivity (Wildman–Crippen MR) is 93.3 cm³/mol. The molecule has 1 aromatic rings. The average molecular weight is 401 g/mol. The van der Waals surface area contributed by atoms with Crippen molar-refractivity contribution in [2.24, 2.45) is 0 Å². The van der Waals surface area contributed by atoms with Crippen molar-refractivity contribution in [3.8, 4) is 0 Å². The van der Waals surface area contributed by atoms with Gasteiger partial charge in [-0.1, -0.05) is 6.07 Å². The number of ether oxygens (including phenoxy) is 1. The van der Waals surface area contributed by atoms with Crippen molar-refractivity contribution in [1.29, 1.82) is 0 Å². The van der Waals surface area contributed by atoms with Gasteiger partial charge in [0.2, 0.25) is 5.91 Å². The molecule has 0 aromatic heterocycles. The van der Waals surface area contributed by atoms with Crippen LogP contribution in [0.1, 0.15) is 43.1 Å². The second-order valence-corrected chi connectivity index (χ2v) is 7.31. The largest absolute Gasteiger partial charge is 0.444 e. The molecule has 0 bridgehead atoms. The molecule has 1 atom stereocenters. The maximum atomic E-state index is 12.7. The van der Waals surface area contributed by atoms with Crippen molar-refractivity contribution in [3.05, 3.63) is 35.4 Å². The van der Waals surface area contributed by atoms with Gasteiger partial charge >= 0.3 is 12.3 Å². The molecular formula is C18H22F3N3O4. The number of hydrogen-bond donors (Lipinski definition) is 2. The lowest BCUT2D eigenvalue weighted by molar-refractivity contribution is -0.137. The lowest BCUT2D eigenvalue weighted by atomic mass is 10.1. The molecule has 0 radical (unpaired) electrons. The first-order chi connectivity index (χ1) is 12.9. The van der Waals surface area contributed by atoms with Gasteiger partial charge in [-0.2, -0.15) is 13.2 Å². The van der Waals surface area contributed by atoms with Crippen LogP contribution in [0.25, 0.3) is 0 Å². The second-order valence-electron chi connectivity index (χ2n) is 7.31. The Morgan fingerprint density at radius 3 is 2.43 bits per heavy atom. The highest BCUT2D eigenvalue weighted by molar-refractivity contribution is 5.96. The molecule has 1 fully saturated rings. The van der Waals surface area contributed by atoms with E-state index in [-0.39, 0.29) is 5.56 Å². The van der Waals surface area contributed by atoms with Gasteiger partial charge in [0, 0.05) is 18.5 Å². The monoisotopic (exact) mass is 401 g/mol. The maximum Gasteiger partial charge on any atom is 0.416 e. The Morgan fingerprint density at radius 1 is 1.21 bits per heavy atom. The quantitative estimate of drug-likeness (QED) is 0.812. The number of halogens is 3. The molecule has 7 nitrogen and oxygen atoms in total. The molecule has 3 amide bonds. The third-order valence-corrected chi connectivity index (χ3v) is 3.84. The number of amides is 3. The van der Waals surface area contributed by atoms with Gasteiger partial charge in [0.05, 0.1) is 12.1 Å². The van der Waals surface area contributed by atoms with E-state index < -0.39 is 48.0 Å². The summed E-state index contributed by atoms with van der Waals surface area (Å²) in [5.41, 5.74) is -1.83. The lowest BCUT2D eigenvalue weighted by Crippen LogP contribution is -2.61. The van der Waals surface area contributed by atoms with E-state index in [0.29, 0.717) is 19.0 Å². The summed E-state index contributed by atoms with van der Waals surface area (Å²) in [5.74, 6) is -1.38. The van der Waals surface area contributed by atoms with E-state index in [4.69, 9.17) is 4.74 Å². The molecule has 0 saturated carbocycles. The number of rotatable bonds is 4. The fourth-order valence-electron chi connectivity index (χ4n) is 2.41. The first-order valence-corrected chi connectivity index (χ1v) is 8.61. The summed E-state index contributed by atoms with van der Waals surface area (Å²) in [6.07, 6.45) is -5.14. The second kappa shape index (κ2) is 8.07. The average Bonchev–Trinajstić information content (AvgIpc) is 2.54. The summed E-state index contributed by atoms with van der Waals surface area (Å²) in [7, 11) is 0. The molecule has 0 aliphatic carbocycles. The van der Waals surface area contributed by atoms with Gasteiger partial charge in [-0.15, -0.1) is 0 Å². The van der Waals surface area contributed by atoms with E-state index in [1.165, 1.54) is 11.0 Å². The van der Waals surface area contributed by atoms with E-state index >= 15 is 0 Å². The molecule has 1 aromatic carbocycles. The van der Waals surface area contributed by atoms with Crippen molar-refractivity contribution in [2.45, 2.75) is 45.1 Å². The smallest absolute Gasteiger partial charge is 0.416 e. The molecule has 1 unspecified atom stereocenters. The molecule has 1 heterocycles. The van der Waals surface area contributed by atoms with Crippen LogP contribution < -0.4 is 10.6 Å². The summed E-state index contributed by atoms with van der Waals surface area (Å²) >= 11 is 0. The number of carbonyl (C=O) groups is 3.